The van der Waals surface area contributed by atoms with Gasteiger partial charge in [0, 0.05) is 5.56 Å². The summed E-state index contributed by atoms with van der Waals surface area (Å²) >= 11 is 0.891. The average molecular weight is 585 g/mol. The highest BCUT2D eigenvalue weighted by atomic mass is 32.1. The summed E-state index contributed by atoms with van der Waals surface area (Å²) < 4.78 is 24.8. The van der Waals surface area contributed by atoms with E-state index < -0.39 is 35.3 Å². The van der Waals surface area contributed by atoms with Crippen molar-refractivity contribution >= 4 is 39.9 Å². The molecule has 1 fully saturated rings. The molecule has 1 N–H and O–H groups in total. The number of aliphatic hydroxyl groups is 1. The number of anilines is 1. The van der Waals surface area contributed by atoms with Crippen LogP contribution in [0.5, 0.6) is 5.75 Å². The van der Waals surface area contributed by atoms with Gasteiger partial charge in [0.05, 0.1) is 17.3 Å². The predicted octanol–water partition coefficient (Wildman–Crippen LogP) is 6.14. The molecule has 0 bridgehead atoms. The van der Waals surface area contributed by atoms with Gasteiger partial charge in [0.25, 0.3) is 5.78 Å². The van der Waals surface area contributed by atoms with Crippen molar-refractivity contribution in [2.24, 2.45) is 0 Å². The first-order chi connectivity index (χ1) is 20.3. The van der Waals surface area contributed by atoms with Crippen LogP contribution in [0.2, 0.25) is 0 Å². The number of amides is 1. The monoisotopic (exact) mass is 584 g/mol. The molecule has 1 atom stereocenters. The van der Waals surface area contributed by atoms with E-state index in [1.807, 2.05) is 30.3 Å². The lowest BCUT2D eigenvalue weighted by Crippen LogP contribution is -2.29. The Morgan fingerprint density at radius 2 is 1.83 bits per heavy atom. The van der Waals surface area contributed by atoms with Crippen LogP contribution >= 0.6 is 11.3 Å². The molecule has 0 radical (unpaired) electrons. The van der Waals surface area contributed by atoms with Crippen molar-refractivity contribution in [2.45, 2.75) is 19.6 Å². The van der Waals surface area contributed by atoms with E-state index in [9.17, 15) is 23.9 Å². The molecule has 3 aromatic carbocycles. The molecule has 1 saturated heterocycles. The summed E-state index contributed by atoms with van der Waals surface area (Å²) in [4.78, 5) is 45.3. The molecule has 2 heterocycles. The zero-order valence-corrected chi connectivity index (χ0v) is 23.3. The van der Waals surface area contributed by atoms with Gasteiger partial charge in [-0.3, -0.25) is 14.5 Å². The fourth-order valence-corrected chi connectivity index (χ4v) is 5.49. The summed E-state index contributed by atoms with van der Waals surface area (Å²) in [6.07, 6.45) is 1.43. The van der Waals surface area contributed by atoms with E-state index in [0.29, 0.717) is 17.0 Å². The van der Waals surface area contributed by atoms with Gasteiger partial charge in [-0.25, -0.2) is 14.2 Å². The molecule has 5 rings (SSSR count). The number of aryl methyl sites for hydroxylation is 1. The summed E-state index contributed by atoms with van der Waals surface area (Å²) in [5, 5.41) is 11.4. The largest absolute Gasteiger partial charge is 0.507 e. The number of hydrogen-bond donors (Lipinski definition) is 1. The number of aromatic nitrogens is 1. The van der Waals surface area contributed by atoms with E-state index in [-0.39, 0.29) is 34.4 Å². The van der Waals surface area contributed by atoms with E-state index in [0.717, 1.165) is 33.9 Å². The van der Waals surface area contributed by atoms with Gasteiger partial charge in [-0.05, 0) is 54.4 Å². The van der Waals surface area contributed by atoms with Crippen LogP contribution in [0.1, 0.15) is 38.1 Å². The molecule has 1 aliphatic rings. The average Bonchev–Trinajstić information content (AvgIpc) is 3.51. The second-order valence-electron chi connectivity index (χ2n) is 9.32. The maximum Gasteiger partial charge on any atom is 0.350 e. The third kappa shape index (κ3) is 5.70. The van der Waals surface area contributed by atoms with Crippen molar-refractivity contribution < 1.29 is 33.4 Å². The molecule has 10 heteroatoms. The Hall–Kier alpha value is -5.09. The lowest BCUT2D eigenvalue weighted by molar-refractivity contribution is -0.132. The number of halogens is 1. The second kappa shape index (κ2) is 12.2. The van der Waals surface area contributed by atoms with Gasteiger partial charge >= 0.3 is 11.9 Å². The van der Waals surface area contributed by atoms with Crippen LogP contribution in [0.15, 0.2) is 97.1 Å². The Labute approximate surface area is 245 Å². The van der Waals surface area contributed by atoms with Crippen LogP contribution in [-0.4, -0.2) is 34.4 Å². The minimum Gasteiger partial charge on any atom is -0.507 e. The molecule has 8 nitrogen and oxygen atoms in total. The molecule has 212 valence electrons. The second-order valence-corrected chi connectivity index (χ2v) is 10.3. The summed E-state index contributed by atoms with van der Waals surface area (Å²) in [6, 6.07) is 20.1. The van der Waals surface area contributed by atoms with Crippen molar-refractivity contribution in [2.75, 3.05) is 11.5 Å². The SMILES string of the molecule is C=CCOC(=O)c1sc(N2C(=O)C(=O)/C(=C(/O)c3ccc(F)cc3)C2c2cccc(OCc3ccccc3)c2)nc1C. The van der Waals surface area contributed by atoms with E-state index in [1.54, 1.807) is 31.2 Å². The minimum atomic E-state index is -1.13. The molecule has 1 aliphatic heterocycles. The molecule has 0 saturated carbocycles. The highest BCUT2D eigenvalue weighted by molar-refractivity contribution is 7.17. The zero-order chi connectivity index (χ0) is 29.8. The van der Waals surface area contributed by atoms with Crippen LogP contribution < -0.4 is 9.64 Å². The van der Waals surface area contributed by atoms with Crippen LogP contribution in [0.25, 0.3) is 5.76 Å². The van der Waals surface area contributed by atoms with E-state index in [2.05, 4.69) is 11.6 Å². The van der Waals surface area contributed by atoms with E-state index >= 15 is 0 Å². The third-order valence-corrected chi connectivity index (χ3v) is 7.63. The van der Waals surface area contributed by atoms with Gasteiger partial charge in [-0.1, -0.05) is 66.5 Å². The lowest BCUT2D eigenvalue weighted by atomic mass is 9.95. The van der Waals surface area contributed by atoms with Crippen molar-refractivity contribution in [1.82, 2.24) is 4.98 Å². The third-order valence-electron chi connectivity index (χ3n) is 6.49. The molecule has 1 amide bonds. The number of ether oxygens (including phenoxy) is 2. The van der Waals surface area contributed by atoms with Gasteiger partial charge in [-0.15, -0.1) is 0 Å². The van der Waals surface area contributed by atoms with Crippen molar-refractivity contribution in [3.8, 4) is 5.75 Å². The number of carbonyl (C=O) groups is 3. The Balaban J connectivity index is 1.60. The normalized spacial score (nSPS) is 16.0. The van der Waals surface area contributed by atoms with Gasteiger partial charge in [0.15, 0.2) is 5.13 Å². The first-order valence-corrected chi connectivity index (χ1v) is 13.7. The van der Waals surface area contributed by atoms with Gasteiger partial charge in [-0.2, -0.15) is 0 Å². The molecule has 42 heavy (non-hydrogen) atoms. The van der Waals surface area contributed by atoms with Crippen LogP contribution in [0.3, 0.4) is 0 Å². The van der Waals surface area contributed by atoms with Gasteiger partial charge < -0.3 is 14.6 Å². The number of hydrogen-bond acceptors (Lipinski definition) is 8. The highest BCUT2D eigenvalue weighted by Gasteiger charge is 2.48. The smallest absolute Gasteiger partial charge is 0.350 e. The maximum atomic E-state index is 13.6. The molecular weight excluding hydrogens is 559 g/mol. The Bertz CT molecular complexity index is 1700. The number of Topliss-reactive ketones (excluding diaryl/α,β-unsaturated/α-hetero) is 1. The first-order valence-electron chi connectivity index (χ1n) is 12.9. The number of rotatable bonds is 9. The van der Waals surface area contributed by atoms with E-state index in [1.165, 1.54) is 18.2 Å². The number of carbonyl (C=O) groups excluding carboxylic acids is 3. The molecule has 1 unspecified atom stereocenters. The fraction of sp³-hybridized carbons (Fsp3) is 0.125. The number of nitrogens with zero attached hydrogens (tertiary/aromatic N) is 2. The van der Waals surface area contributed by atoms with Crippen LogP contribution in [-0.2, 0) is 20.9 Å². The zero-order valence-electron chi connectivity index (χ0n) is 22.5. The van der Waals surface area contributed by atoms with Crippen LogP contribution in [0.4, 0.5) is 9.52 Å². The number of benzene rings is 3. The highest BCUT2D eigenvalue weighted by Crippen LogP contribution is 2.44. The number of esters is 1. The Morgan fingerprint density at radius 1 is 1.10 bits per heavy atom. The Kier molecular flexibility index (Phi) is 8.26. The maximum absolute atomic E-state index is 13.6. The number of ketones is 1. The lowest BCUT2D eigenvalue weighted by Gasteiger charge is -2.23. The molecule has 4 aromatic rings. The fourth-order valence-electron chi connectivity index (χ4n) is 4.50. The number of thiazole rings is 1. The molecule has 1 aromatic heterocycles. The molecular formula is C32H25FN2O6S. The molecule has 0 spiro atoms. The van der Waals surface area contributed by atoms with Crippen molar-refractivity contribution in [3.63, 3.8) is 0 Å². The first kappa shape index (κ1) is 28.4. The van der Waals surface area contributed by atoms with Gasteiger partial charge in [0.1, 0.15) is 35.4 Å². The quantitative estimate of drug-likeness (QED) is 0.0828. The van der Waals surface area contributed by atoms with Gasteiger partial charge in [0.2, 0.25) is 0 Å². The predicted molar refractivity (Wildman–Crippen MR) is 156 cm³/mol. The Morgan fingerprint density at radius 3 is 2.55 bits per heavy atom. The standard InChI is InChI=1S/C32H25FN2O6S/c1-3-16-40-31(39)29-19(2)34-32(42-29)35-26(22-10-7-11-24(17-22)41-18-20-8-5-4-6-9-20)25(28(37)30(35)38)27(36)21-12-14-23(33)15-13-21/h3-15,17,26,36H,1,16,18H2,2H3/b27-25+. The minimum absolute atomic E-state index is 0.0105. The summed E-state index contributed by atoms with van der Waals surface area (Å²) in [5.41, 5.74) is 1.64. The summed E-state index contributed by atoms with van der Waals surface area (Å²) in [7, 11) is 0. The summed E-state index contributed by atoms with van der Waals surface area (Å²) in [5.74, 6) is -3.09. The van der Waals surface area contributed by atoms with E-state index in [4.69, 9.17) is 9.47 Å². The summed E-state index contributed by atoms with van der Waals surface area (Å²) in [6.45, 7) is 5.39. The van der Waals surface area contributed by atoms with Crippen LogP contribution in [0, 0.1) is 12.7 Å². The topological polar surface area (TPSA) is 106 Å². The van der Waals surface area contributed by atoms with Crippen molar-refractivity contribution in [1.29, 1.82) is 0 Å². The number of aliphatic hydroxyl groups excluding tert-OH is 1. The molecule has 0 aliphatic carbocycles. The van der Waals surface area contributed by atoms with Crippen molar-refractivity contribution in [3.05, 3.63) is 130 Å².